The first-order chi connectivity index (χ1) is 9.10. The highest BCUT2D eigenvalue weighted by atomic mass is 16.4. The zero-order chi connectivity index (χ0) is 14.0. The van der Waals surface area contributed by atoms with Crippen molar-refractivity contribution < 1.29 is 9.90 Å². The van der Waals surface area contributed by atoms with E-state index in [1.165, 1.54) is 12.1 Å². The van der Waals surface area contributed by atoms with Crippen LogP contribution in [-0.4, -0.2) is 11.1 Å². The zero-order valence-corrected chi connectivity index (χ0v) is 9.90. The minimum absolute atomic E-state index is 0.109. The molecule has 0 unspecified atom stereocenters. The highest BCUT2D eigenvalue weighted by Crippen LogP contribution is 2.26. The van der Waals surface area contributed by atoms with E-state index in [-0.39, 0.29) is 5.56 Å². The van der Waals surface area contributed by atoms with Gasteiger partial charge in [0.1, 0.15) is 0 Å². The van der Waals surface area contributed by atoms with Crippen LogP contribution in [0, 0.1) is 37.0 Å². The first-order valence-electron chi connectivity index (χ1n) is 5.35. The first kappa shape index (κ1) is 12.3. The number of fused-ring (bicyclic) bond motifs is 1. The quantitative estimate of drug-likeness (QED) is 0.782. The van der Waals surface area contributed by atoms with Crippen LogP contribution in [-0.2, 0) is 0 Å². The second-order valence-electron chi connectivity index (χ2n) is 3.88. The summed E-state index contributed by atoms with van der Waals surface area (Å²) in [5.74, 6) is 6.43. The molecule has 0 aliphatic heterocycles. The van der Waals surface area contributed by atoms with Gasteiger partial charge >= 0.3 is 5.97 Å². The Morgan fingerprint density at radius 1 is 0.947 bits per heavy atom. The van der Waals surface area contributed by atoms with Crippen molar-refractivity contribution in [1.82, 2.24) is 0 Å². The van der Waals surface area contributed by atoms with Gasteiger partial charge < -0.3 is 5.11 Å². The molecule has 88 valence electrons. The van der Waals surface area contributed by atoms with E-state index >= 15 is 0 Å². The summed E-state index contributed by atoms with van der Waals surface area (Å²) in [7, 11) is 0. The van der Waals surface area contributed by atoms with Crippen molar-refractivity contribution >= 4 is 16.7 Å². The molecule has 2 heteroatoms. The van der Waals surface area contributed by atoms with Crippen LogP contribution < -0.4 is 0 Å². The molecule has 0 fully saturated rings. The predicted octanol–water partition coefficient (Wildman–Crippen LogP) is 2.48. The van der Waals surface area contributed by atoms with Gasteiger partial charge in [-0.2, -0.15) is 0 Å². The van der Waals surface area contributed by atoms with E-state index in [9.17, 15) is 4.79 Å². The van der Waals surface area contributed by atoms with Crippen molar-refractivity contribution in [2.24, 2.45) is 0 Å². The van der Waals surface area contributed by atoms with Crippen LogP contribution in [0.3, 0.4) is 0 Å². The number of hydrogen-bond acceptors (Lipinski definition) is 1. The van der Waals surface area contributed by atoms with Crippen molar-refractivity contribution in [3.63, 3.8) is 0 Å². The Labute approximate surface area is 111 Å². The number of benzene rings is 2. The summed E-state index contributed by atoms with van der Waals surface area (Å²) in [5, 5.41) is 10.4. The van der Waals surface area contributed by atoms with E-state index in [1.54, 1.807) is 12.1 Å². The van der Waals surface area contributed by atoms with E-state index in [1.807, 2.05) is 0 Å². The number of hydrogen-bond donors (Lipinski definition) is 1. The number of rotatable bonds is 1. The highest BCUT2D eigenvalue weighted by molar-refractivity contribution is 6.00. The molecule has 0 aliphatic rings. The fraction of sp³-hybridized carbons (Fsp3) is 0. The third-order valence-electron chi connectivity index (χ3n) is 2.77. The van der Waals surface area contributed by atoms with Gasteiger partial charge in [0.25, 0.3) is 0 Å². The molecule has 0 spiro atoms. The maximum absolute atomic E-state index is 11.1. The Balaban J connectivity index is 3.00. The smallest absolute Gasteiger partial charge is 0.335 e. The van der Waals surface area contributed by atoms with E-state index in [2.05, 4.69) is 17.8 Å². The molecule has 1 N–H and O–H groups in total. The van der Waals surface area contributed by atoms with Gasteiger partial charge in [-0.15, -0.1) is 19.3 Å². The summed E-state index contributed by atoms with van der Waals surface area (Å²) in [6, 6.07) is 6.33. The number of carboxylic acid groups (broad SMARTS) is 1. The molecule has 0 heterocycles. The van der Waals surface area contributed by atoms with Crippen LogP contribution in [0.4, 0.5) is 0 Å². The Morgan fingerprint density at radius 3 is 2.11 bits per heavy atom. The normalized spacial score (nSPS) is 9.32. The first-order valence-corrected chi connectivity index (χ1v) is 5.35. The maximum atomic E-state index is 11.1. The molecule has 0 atom stereocenters. The number of terminal acetylenes is 3. The van der Waals surface area contributed by atoms with Crippen molar-refractivity contribution in [3.8, 4) is 37.0 Å². The van der Waals surface area contributed by atoms with Crippen LogP contribution >= 0.6 is 0 Å². The summed E-state index contributed by atoms with van der Waals surface area (Å²) < 4.78 is 0. The molecular formula is C17H8O2. The Bertz CT molecular complexity index is 821. The second kappa shape index (κ2) is 4.61. The maximum Gasteiger partial charge on any atom is 0.335 e. The van der Waals surface area contributed by atoms with Gasteiger partial charge in [-0.1, -0.05) is 17.8 Å². The topological polar surface area (TPSA) is 37.3 Å². The summed E-state index contributed by atoms with van der Waals surface area (Å²) >= 11 is 0. The largest absolute Gasteiger partial charge is 0.478 e. The van der Waals surface area contributed by atoms with Crippen LogP contribution in [0.2, 0.25) is 0 Å². The summed E-state index contributed by atoms with van der Waals surface area (Å²) in [5.41, 5.74) is 1.71. The third kappa shape index (κ3) is 2.02. The monoisotopic (exact) mass is 244 g/mol. The molecular weight excluding hydrogens is 236 g/mol. The van der Waals surface area contributed by atoms with Crippen LogP contribution in [0.25, 0.3) is 10.8 Å². The van der Waals surface area contributed by atoms with Gasteiger partial charge in [0.05, 0.1) is 5.56 Å². The average molecular weight is 244 g/mol. The minimum Gasteiger partial charge on any atom is -0.478 e. The minimum atomic E-state index is -1.05. The molecule has 0 saturated carbocycles. The van der Waals surface area contributed by atoms with Crippen LogP contribution in [0.15, 0.2) is 24.3 Å². The number of carbonyl (C=O) groups is 1. The lowest BCUT2D eigenvalue weighted by Gasteiger charge is -2.07. The van der Waals surface area contributed by atoms with Crippen LogP contribution in [0.1, 0.15) is 27.0 Å². The molecule has 2 nitrogen and oxygen atoms in total. The van der Waals surface area contributed by atoms with Crippen LogP contribution in [0.5, 0.6) is 0 Å². The molecule has 0 bridgehead atoms. The highest BCUT2D eigenvalue weighted by Gasteiger charge is 2.11. The van der Waals surface area contributed by atoms with Gasteiger partial charge in [-0.25, -0.2) is 4.79 Å². The molecule has 0 amide bonds. The van der Waals surface area contributed by atoms with Gasteiger partial charge in [0.15, 0.2) is 0 Å². The molecule has 0 aliphatic carbocycles. The van der Waals surface area contributed by atoms with Crippen molar-refractivity contribution in [2.45, 2.75) is 0 Å². The third-order valence-corrected chi connectivity index (χ3v) is 2.77. The lowest BCUT2D eigenvalue weighted by Crippen LogP contribution is -1.98. The Morgan fingerprint density at radius 2 is 1.58 bits per heavy atom. The molecule has 0 aromatic heterocycles. The fourth-order valence-corrected chi connectivity index (χ4v) is 1.95. The lowest BCUT2D eigenvalue weighted by atomic mass is 9.95. The molecule has 2 aromatic carbocycles. The number of carboxylic acids is 1. The van der Waals surface area contributed by atoms with Crippen molar-refractivity contribution in [2.75, 3.05) is 0 Å². The predicted molar refractivity (Wildman–Crippen MR) is 74.7 cm³/mol. The molecule has 0 radical (unpaired) electrons. The van der Waals surface area contributed by atoms with Crippen molar-refractivity contribution in [3.05, 3.63) is 46.5 Å². The Hall–Kier alpha value is -3.15. The average Bonchev–Trinajstić information content (AvgIpc) is 2.44. The van der Waals surface area contributed by atoms with E-state index in [4.69, 9.17) is 24.4 Å². The van der Waals surface area contributed by atoms with Gasteiger partial charge in [-0.3, -0.25) is 0 Å². The fourth-order valence-electron chi connectivity index (χ4n) is 1.95. The van der Waals surface area contributed by atoms with E-state index in [0.29, 0.717) is 27.5 Å². The van der Waals surface area contributed by atoms with E-state index < -0.39 is 5.97 Å². The summed E-state index contributed by atoms with van der Waals surface area (Å²) in [4.78, 5) is 11.1. The molecule has 2 aromatic rings. The zero-order valence-electron chi connectivity index (χ0n) is 9.90. The van der Waals surface area contributed by atoms with Gasteiger partial charge in [-0.05, 0) is 29.7 Å². The molecule has 0 saturated heterocycles. The summed E-state index contributed by atoms with van der Waals surface area (Å²) in [6.07, 6.45) is 16.2. The van der Waals surface area contributed by atoms with Crippen molar-refractivity contribution in [1.29, 1.82) is 0 Å². The SMILES string of the molecule is C#Cc1cc(C#C)c2c(C#C)cc(C(=O)O)cc2c1. The molecule has 2 rings (SSSR count). The standard InChI is InChI=1S/C17H8O2/c1-4-11-7-12(5-2)16-13(6-3)9-15(17(18)19)10-14(16)8-11/h1-3,7-10H,(H,18,19). The van der Waals surface area contributed by atoms with E-state index in [0.717, 1.165) is 0 Å². The van der Waals surface area contributed by atoms with Gasteiger partial charge in [0, 0.05) is 22.1 Å². The summed E-state index contributed by atoms with van der Waals surface area (Å²) in [6.45, 7) is 0. The molecule has 19 heavy (non-hydrogen) atoms. The Kier molecular flexibility index (Phi) is 2.99. The number of aromatic carboxylic acids is 1. The second-order valence-corrected chi connectivity index (χ2v) is 3.88. The lowest BCUT2D eigenvalue weighted by molar-refractivity contribution is 0.0697. The van der Waals surface area contributed by atoms with Gasteiger partial charge in [0.2, 0.25) is 0 Å².